The van der Waals surface area contributed by atoms with E-state index < -0.39 is 0 Å². The van der Waals surface area contributed by atoms with E-state index in [0.29, 0.717) is 6.61 Å². The first kappa shape index (κ1) is 13.2. The largest absolute Gasteiger partial charge is 0.395 e. The van der Waals surface area contributed by atoms with Crippen molar-refractivity contribution in [3.63, 3.8) is 0 Å². The molecule has 0 aromatic heterocycles. The number of aliphatic hydroxyl groups excluding tert-OH is 1. The number of nitrogens with zero attached hydrogens (tertiary/aromatic N) is 1. The van der Waals surface area contributed by atoms with Crippen LogP contribution >= 0.6 is 0 Å². The summed E-state index contributed by atoms with van der Waals surface area (Å²) in [7, 11) is 2.01. The van der Waals surface area contributed by atoms with Crippen LogP contribution in [0.4, 0.5) is 0 Å². The molecule has 0 amide bonds. The summed E-state index contributed by atoms with van der Waals surface area (Å²) in [6.07, 6.45) is 1.00. The lowest BCUT2D eigenvalue weighted by Gasteiger charge is -2.14. The number of likely N-dealkylation sites (N-methyl/N-ethyl adjacent to an activating group) is 1. The highest BCUT2D eigenvalue weighted by atomic mass is 16.5. The van der Waals surface area contributed by atoms with E-state index in [1.807, 2.05) is 25.2 Å². The van der Waals surface area contributed by atoms with Crippen LogP contribution in [0, 0.1) is 0 Å². The van der Waals surface area contributed by atoms with Crippen molar-refractivity contribution in [1.82, 2.24) is 4.90 Å². The minimum absolute atomic E-state index is 0.224. The minimum Gasteiger partial charge on any atom is -0.395 e. The summed E-state index contributed by atoms with van der Waals surface area (Å²) in [6, 6.07) is 10.2. The lowest BCUT2D eigenvalue weighted by molar-refractivity contribution is 0.109. The first-order valence-electron chi connectivity index (χ1n) is 5.74. The SMILES string of the molecule is CN(CCO)CCCOCc1ccccc1. The molecule has 0 bridgehead atoms. The average Bonchev–Trinajstić information content (AvgIpc) is 2.30. The summed E-state index contributed by atoms with van der Waals surface area (Å²) in [6.45, 7) is 3.38. The highest BCUT2D eigenvalue weighted by molar-refractivity contribution is 5.13. The normalized spacial score (nSPS) is 10.9. The van der Waals surface area contributed by atoms with Crippen molar-refractivity contribution in [2.75, 3.05) is 33.4 Å². The molecule has 0 aliphatic rings. The molecule has 1 aromatic rings. The van der Waals surface area contributed by atoms with Crippen LogP contribution in [-0.4, -0.2) is 43.4 Å². The van der Waals surface area contributed by atoms with Gasteiger partial charge in [-0.05, 0) is 19.0 Å². The standard InChI is InChI=1S/C13H21NO2/c1-14(9-10-15)8-5-11-16-12-13-6-3-2-4-7-13/h2-4,6-7,15H,5,8-12H2,1H3. The summed E-state index contributed by atoms with van der Waals surface area (Å²) in [5, 5.41) is 8.72. The van der Waals surface area contributed by atoms with Gasteiger partial charge in [0, 0.05) is 19.7 Å². The van der Waals surface area contributed by atoms with Gasteiger partial charge in [-0.25, -0.2) is 0 Å². The molecule has 1 N–H and O–H groups in total. The first-order chi connectivity index (χ1) is 7.83. The highest BCUT2D eigenvalue weighted by Crippen LogP contribution is 2.00. The fourth-order valence-corrected chi connectivity index (χ4v) is 1.48. The number of aliphatic hydroxyl groups is 1. The van der Waals surface area contributed by atoms with Crippen LogP contribution in [0.5, 0.6) is 0 Å². The van der Waals surface area contributed by atoms with E-state index in [9.17, 15) is 0 Å². The van der Waals surface area contributed by atoms with Gasteiger partial charge in [0.25, 0.3) is 0 Å². The van der Waals surface area contributed by atoms with Crippen molar-refractivity contribution < 1.29 is 9.84 Å². The zero-order chi connectivity index (χ0) is 11.6. The molecule has 0 fully saturated rings. The lowest BCUT2D eigenvalue weighted by Crippen LogP contribution is -2.24. The van der Waals surface area contributed by atoms with Crippen LogP contribution in [0.15, 0.2) is 30.3 Å². The van der Waals surface area contributed by atoms with E-state index in [1.54, 1.807) is 0 Å². The van der Waals surface area contributed by atoms with Gasteiger partial charge in [0.05, 0.1) is 13.2 Å². The predicted molar refractivity (Wildman–Crippen MR) is 65.3 cm³/mol. The molecule has 0 spiro atoms. The zero-order valence-corrected chi connectivity index (χ0v) is 9.93. The molecular formula is C13H21NO2. The van der Waals surface area contributed by atoms with Gasteiger partial charge < -0.3 is 14.7 Å². The van der Waals surface area contributed by atoms with Crippen LogP contribution in [0.3, 0.4) is 0 Å². The third-order valence-corrected chi connectivity index (χ3v) is 2.42. The van der Waals surface area contributed by atoms with Gasteiger partial charge in [-0.3, -0.25) is 0 Å². The molecule has 1 aromatic carbocycles. The van der Waals surface area contributed by atoms with Gasteiger partial charge in [0.1, 0.15) is 0 Å². The summed E-state index contributed by atoms with van der Waals surface area (Å²) < 4.78 is 5.56. The van der Waals surface area contributed by atoms with E-state index in [1.165, 1.54) is 5.56 Å². The third-order valence-electron chi connectivity index (χ3n) is 2.42. The highest BCUT2D eigenvalue weighted by Gasteiger charge is 1.97. The summed E-state index contributed by atoms with van der Waals surface area (Å²) >= 11 is 0. The molecule has 0 saturated carbocycles. The molecule has 0 saturated heterocycles. The topological polar surface area (TPSA) is 32.7 Å². The maximum absolute atomic E-state index is 8.72. The third kappa shape index (κ3) is 5.85. The Morgan fingerprint density at radius 1 is 1.19 bits per heavy atom. The summed E-state index contributed by atoms with van der Waals surface area (Å²) in [5.41, 5.74) is 1.21. The van der Waals surface area contributed by atoms with Gasteiger partial charge in [0.15, 0.2) is 0 Å². The predicted octanol–water partition coefficient (Wildman–Crippen LogP) is 1.52. The number of ether oxygens (including phenoxy) is 1. The molecule has 3 heteroatoms. The van der Waals surface area contributed by atoms with Gasteiger partial charge in [0.2, 0.25) is 0 Å². The van der Waals surface area contributed by atoms with Crippen molar-refractivity contribution in [2.45, 2.75) is 13.0 Å². The second-order valence-corrected chi connectivity index (χ2v) is 3.92. The Morgan fingerprint density at radius 3 is 2.62 bits per heavy atom. The molecule has 3 nitrogen and oxygen atoms in total. The Labute approximate surface area is 97.7 Å². The van der Waals surface area contributed by atoms with Gasteiger partial charge in [-0.15, -0.1) is 0 Å². The molecule has 16 heavy (non-hydrogen) atoms. The fraction of sp³-hybridized carbons (Fsp3) is 0.538. The second kappa shape index (κ2) is 8.28. The molecule has 0 unspecified atom stereocenters. The molecular weight excluding hydrogens is 202 g/mol. The Kier molecular flexibility index (Phi) is 6.81. The first-order valence-corrected chi connectivity index (χ1v) is 5.74. The van der Waals surface area contributed by atoms with Crippen molar-refractivity contribution in [1.29, 1.82) is 0 Å². The molecule has 90 valence electrons. The van der Waals surface area contributed by atoms with E-state index in [0.717, 1.165) is 26.1 Å². The minimum atomic E-state index is 0.224. The lowest BCUT2D eigenvalue weighted by atomic mass is 10.2. The quantitative estimate of drug-likeness (QED) is 0.678. The van der Waals surface area contributed by atoms with Crippen molar-refractivity contribution in [2.24, 2.45) is 0 Å². The van der Waals surface area contributed by atoms with Gasteiger partial charge >= 0.3 is 0 Å². The Morgan fingerprint density at radius 2 is 1.94 bits per heavy atom. The van der Waals surface area contributed by atoms with Gasteiger partial charge in [-0.1, -0.05) is 30.3 Å². The Bertz CT molecular complexity index is 264. The van der Waals surface area contributed by atoms with E-state index >= 15 is 0 Å². The van der Waals surface area contributed by atoms with Crippen molar-refractivity contribution in [3.8, 4) is 0 Å². The monoisotopic (exact) mass is 223 g/mol. The van der Waals surface area contributed by atoms with E-state index in [4.69, 9.17) is 9.84 Å². The van der Waals surface area contributed by atoms with Crippen LogP contribution in [0.1, 0.15) is 12.0 Å². The van der Waals surface area contributed by atoms with Crippen LogP contribution in [-0.2, 0) is 11.3 Å². The maximum Gasteiger partial charge on any atom is 0.0716 e. The zero-order valence-electron chi connectivity index (χ0n) is 9.93. The Balaban J connectivity index is 2.00. The second-order valence-electron chi connectivity index (χ2n) is 3.92. The van der Waals surface area contributed by atoms with Gasteiger partial charge in [-0.2, -0.15) is 0 Å². The van der Waals surface area contributed by atoms with Crippen LogP contribution in [0.2, 0.25) is 0 Å². The number of rotatable bonds is 8. The molecule has 0 atom stereocenters. The molecule has 0 aliphatic heterocycles. The number of hydrogen-bond donors (Lipinski definition) is 1. The molecule has 1 rings (SSSR count). The van der Waals surface area contributed by atoms with Crippen molar-refractivity contribution >= 4 is 0 Å². The smallest absolute Gasteiger partial charge is 0.0716 e. The summed E-state index contributed by atoms with van der Waals surface area (Å²) in [5.74, 6) is 0. The fourth-order valence-electron chi connectivity index (χ4n) is 1.48. The average molecular weight is 223 g/mol. The summed E-state index contributed by atoms with van der Waals surface area (Å²) in [4.78, 5) is 2.10. The van der Waals surface area contributed by atoms with E-state index in [-0.39, 0.29) is 6.61 Å². The molecule has 0 radical (unpaired) electrons. The van der Waals surface area contributed by atoms with Crippen molar-refractivity contribution in [3.05, 3.63) is 35.9 Å². The molecule has 0 aliphatic carbocycles. The number of hydrogen-bond acceptors (Lipinski definition) is 3. The van der Waals surface area contributed by atoms with Crippen LogP contribution in [0.25, 0.3) is 0 Å². The number of benzene rings is 1. The molecule has 0 heterocycles. The maximum atomic E-state index is 8.72. The Hall–Kier alpha value is -0.900. The van der Waals surface area contributed by atoms with Crippen LogP contribution < -0.4 is 0 Å². The van der Waals surface area contributed by atoms with E-state index in [2.05, 4.69) is 17.0 Å².